The Labute approximate surface area is 117 Å². The largest absolute Gasteiger partial charge is 0.466 e. The van der Waals surface area contributed by atoms with Gasteiger partial charge in [0.25, 0.3) is 0 Å². The zero-order chi connectivity index (χ0) is 14.1. The van der Waals surface area contributed by atoms with Crippen LogP contribution >= 0.6 is 0 Å². The molecule has 1 saturated heterocycles. The van der Waals surface area contributed by atoms with E-state index in [2.05, 4.69) is 18.7 Å². The second-order valence-electron chi connectivity index (χ2n) is 5.69. The van der Waals surface area contributed by atoms with Gasteiger partial charge in [0, 0.05) is 19.7 Å². The highest BCUT2D eigenvalue weighted by Gasteiger charge is 2.26. The molecule has 0 aliphatic carbocycles. The fourth-order valence-corrected chi connectivity index (χ4v) is 2.33. The smallest absolute Gasteiger partial charge is 0.310 e. The van der Waals surface area contributed by atoms with E-state index in [1.807, 2.05) is 6.92 Å². The number of esters is 1. The summed E-state index contributed by atoms with van der Waals surface area (Å²) in [4.78, 5) is 14.0. The van der Waals surface area contributed by atoms with Crippen molar-refractivity contribution in [1.82, 2.24) is 4.90 Å². The molecular weight excluding hydrogens is 242 g/mol. The molecule has 19 heavy (non-hydrogen) atoms. The van der Waals surface area contributed by atoms with Gasteiger partial charge in [-0.1, -0.05) is 13.8 Å². The van der Waals surface area contributed by atoms with Gasteiger partial charge >= 0.3 is 5.97 Å². The Bertz CT molecular complexity index is 256. The lowest BCUT2D eigenvalue weighted by atomic mass is 9.98. The maximum Gasteiger partial charge on any atom is 0.310 e. The molecule has 0 amide bonds. The Balaban J connectivity index is 2.14. The lowest BCUT2D eigenvalue weighted by molar-refractivity contribution is -0.150. The molecule has 1 heterocycles. The number of carbonyl (C=O) groups excluding carboxylic acids is 1. The van der Waals surface area contributed by atoms with Crippen molar-refractivity contribution in [2.75, 3.05) is 39.5 Å². The van der Waals surface area contributed by atoms with Crippen LogP contribution in [0.1, 0.15) is 40.0 Å². The molecule has 0 saturated carbocycles. The van der Waals surface area contributed by atoms with Gasteiger partial charge in [-0.15, -0.1) is 0 Å². The average molecular weight is 271 g/mol. The Morgan fingerprint density at radius 3 is 2.84 bits per heavy atom. The Morgan fingerprint density at radius 2 is 2.16 bits per heavy atom. The first-order chi connectivity index (χ1) is 9.13. The van der Waals surface area contributed by atoms with Crippen LogP contribution in [0, 0.1) is 11.8 Å². The quantitative estimate of drug-likeness (QED) is 0.502. The maximum atomic E-state index is 11.7. The van der Waals surface area contributed by atoms with Gasteiger partial charge in [0.1, 0.15) is 0 Å². The van der Waals surface area contributed by atoms with E-state index in [1.54, 1.807) is 0 Å². The molecule has 1 fully saturated rings. The first kappa shape index (κ1) is 16.4. The third kappa shape index (κ3) is 6.92. The molecule has 1 aliphatic heterocycles. The minimum Gasteiger partial charge on any atom is -0.466 e. The van der Waals surface area contributed by atoms with Crippen molar-refractivity contribution >= 4 is 5.97 Å². The topological polar surface area (TPSA) is 38.8 Å². The van der Waals surface area contributed by atoms with Crippen LogP contribution in [0.5, 0.6) is 0 Å². The summed E-state index contributed by atoms with van der Waals surface area (Å²) in [5, 5.41) is 0. The molecule has 1 aliphatic rings. The average Bonchev–Trinajstić information content (AvgIpc) is 2.38. The zero-order valence-corrected chi connectivity index (χ0v) is 12.7. The highest BCUT2D eigenvalue weighted by molar-refractivity contribution is 5.72. The molecule has 4 nitrogen and oxygen atoms in total. The number of rotatable bonds is 8. The van der Waals surface area contributed by atoms with E-state index in [-0.39, 0.29) is 11.9 Å². The number of hydrogen-bond donors (Lipinski definition) is 0. The van der Waals surface area contributed by atoms with Crippen LogP contribution < -0.4 is 0 Å². The molecular formula is C15H29NO3. The van der Waals surface area contributed by atoms with Gasteiger partial charge in [-0.3, -0.25) is 4.79 Å². The van der Waals surface area contributed by atoms with Crippen molar-refractivity contribution in [3.63, 3.8) is 0 Å². The molecule has 0 N–H and O–H groups in total. The van der Waals surface area contributed by atoms with E-state index in [9.17, 15) is 4.79 Å². The molecule has 1 rings (SSSR count). The molecule has 0 bridgehead atoms. The molecule has 0 aromatic rings. The fraction of sp³-hybridized carbons (Fsp3) is 0.933. The molecule has 1 unspecified atom stereocenters. The SMILES string of the molecule is CCOC(=O)C1CCCN(CCOCCC(C)C)C1. The van der Waals surface area contributed by atoms with Gasteiger partial charge in [-0.2, -0.15) is 0 Å². The Morgan fingerprint density at radius 1 is 1.37 bits per heavy atom. The Kier molecular flexibility index (Phi) is 8.07. The van der Waals surface area contributed by atoms with Crippen molar-refractivity contribution in [3.8, 4) is 0 Å². The van der Waals surface area contributed by atoms with Gasteiger partial charge < -0.3 is 14.4 Å². The van der Waals surface area contributed by atoms with E-state index in [1.165, 1.54) is 0 Å². The van der Waals surface area contributed by atoms with Crippen LogP contribution in [-0.2, 0) is 14.3 Å². The number of nitrogens with zero attached hydrogens (tertiary/aromatic N) is 1. The highest BCUT2D eigenvalue weighted by atomic mass is 16.5. The highest BCUT2D eigenvalue weighted by Crippen LogP contribution is 2.17. The molecule has 0 aromatic carbocycles. The van der Waals surface area contributed by atoms with Crippen molar-refractivity contribution in [2.45, 2.75) is 40.0 Å². The molecule has 0 aromatic heterocycles. The minimum atomic E-state index is -0.0343. The van der Waals surface area contributed by atoms with E-state index in [0.717, 1.165) is 52.1 Å². The summed E-state index contributed by atoms with van der Waals surface area (Å²) in [7, 11) is 0. The molecule has 4 heteroatoms. The van der Waals surface area contributed by atoms with Crippen LogP contribution in [0.4, 0.5) is 0 Å². The first-order valence-corrected chi connectivity index (χ1v) is 7.60. The van der Waals surface area contributed by atoms with E-state index >= 15 is 0 Å². The number of carbonyl (C=O) groups is 1. The summed E-state index contributed by atoms with van der Waals surface area (Å²) in [6.07, 6.45) is 3.16. The Hall–Kier alpha value is -0.610. The second-order valence-corrected chi connectivity index (χ2v) is 5.69. The summed E-state index contributed by atoms with van der Waals surface area (Å²) in [5.41, 5.74) is 0. The zero-order valence-electron chi connectivity index (χ0n) is 12.7. The van der Waals surface area contributed by atoms with Crippen LogP contribution in [0.25, 0.3) is 0 Å². The van der Waals surface area contributed by atoms with Crippen molar-refractivity contribution < 1.29 is 14.3 Å². The van der Waals surface area contributed by atoms with Crippen LogP contribution in [0.2, 0.25) is 0 Å². The van der Waals surface area contributed by atoms with E-state index < -0.39 is 0 Å². The van der Waals surface area contributed by atoms with Gasteiger partial charge in [-0.25, -0.2) is 0 Å². The van der Waals surface area contributed by atoms with Crippen LogP contribution in [0.15, 0.2) is 0 Å². The van der Waals surface area contributed by atoms with Crippen LogP contribution in [0.3, 0.4) is 0 Å². The summed E-state index contributed by atoms with van der Waals surface area (Å²) < 4.78 is 10.7. The van der Waals surface area contributed by atoms with Gasteiger partial charge in [0.05, 0.1) is 19.1 Å². The first-order valence-electron chi connectivity index (χ1n) is 7.60. The summed E-state index contributed by atoms with van der Waals surface area (Å²) in [5.74, 6) is 0.723. The maximum absolute atomic E-state index is 11.7. The lowest BCUT2D eigenvalue weighted by Crippen LogP contribution is -2.40. The molecule has 0 spiro atoms. The minimum absolute atomic E-state index is 0.0343. The third-order valence-corrected chi connectivity index (χ3v) is 3.52. The van der Waals surface area contributed by atoms with E-state index in [0.29, 0.717) is 12.5 Å². The van der Waals surface area contributed by atoms with E-state index in [4.69, 9.17) is 9.47 Å². The number of hydrogen-bond acceptors (Lipinski definition) is 4. The third-order valence-electron chi connectivity index (χ3n) is 3.52. The van der Waals surface area contributed by atoms with Crippen molar-refractivity contribution in [1.29, 1.82) is 0 Å². The predicted molar refractivity (Wildman–Crippen MR) is 76.1 cm³/mol. The van der Waals surface area contributed by atoms with Gasteiger partial charge in [0.2, 0.25) is 0 Å². The monoisotopic (exact) mass is 271 g/mol. The fourth-order valence-electron chi connectivity index (χ4n) is 2.33. The number of piperidine rings is 1. The molecule has 112 valence electrons. The summed E-state index contributed by atoms with van der Waals surface area (Å²) in [6, 6.07) is 0. The summed E-state index contributed by atoms with van der Waals surface area (Å²) >= 11 is 0. The molecule has 0 radical (unpaired) electrons. The number of likely N-dealkylation sites (tertiary alicyclic amines) is 1. The van der Waals surface area contributed by atoms with Gasteiger partial charge in [0.15, 0.2) is 0 Å². The number of ether oxygens (including phenoxy) is 2. The van der Waals surface area contributed by atoms with Gasteiger partial charge in [-0.05, 0) is 38.6 Å². The van der Waals surface area contributed by atoms with Crippen LogP contribution in [-0.4, -0.2) is 50.3 Å². The standard InChI is InChI=1S/C15H29NO3/c1-4-19-15(17)14-6-5-8-16(12-14)9-11-18-10-7-13(2)3/h13-14H,4-12H2,1-3H3. The van der Waals surface area contributed by atoms with Crippen molar-refractivity contribution in [3.05, 3.63) is 0 Å². The lowest BCUT2D eigenvalue weighted by Gasteiger charge is -2.31. The normalized spacial score (nSPS) is 20.7. The summed E-state index contributed by atoms with van der Waals surface area (Å²) in [6.45, 7) is 11.2. The predicted octanol–water partition coefficient (Wildman–Crippen LogP) is 2.32. The molecule has 1 atom stereocenters. The second kappa shape index (κ2) is 9.32. The van der Waals surface area contributed by atoms with Crippen molar-refractivity contribution in [2.24, 2.45) is 11.8 Å².